The zero-order valence-corrected chi connectivity index (χ0v) is 16.0. The van der Waals surface area contributed by atoms with Crippen molar-refractivity contribution in [3.05, 3.63) is 70.0 Å². The second kappa shape index (κ2) is 8.85. The molecule has 1 amide bonds. The minimum Gasteiger partial charge on any atom is -0.329 e. The summed E-state index contributed by atoms with van der Waals surface area (Å²) in [5.74, 6) is 4.09. The number of rotatable bonds is 2. The van der Waals surface area contributed by atoms with E-state index in [-0.39, 0.29) is 18.0 Å². The second-order valence-corrected chi connectivity index (χ2v) is 7.06. The van der Waals surface area contributed by atoms with Crippen LogP contribution in [0.25, 0.3) is 0 Å². The van der Waals surface area contributed by atoms with E-state index in [1.54, 1.807) is 34.1 Å². The number of alkyl halides is 3. The summed E-state index contributed by atoms with van der Waals surface area (Å²) in [6, 6.07) is 9.48. The van der Waals surface area contributed by atoms with E-state index in [1.165, 1.54) is 0 Å². The van der Waals surface area contributed by atoms with Crippen molar-refractivity contribution in [1.82, 2.24) is 9.80 Å². The topological polar surface area (TPSA) is 23.6 Å². The van der Waals surface area contributed by atoms with Gasteiger partial charge in [-0.15, -0.1) is 0 Å². The quantitative estimate of drug-likeness (QED) is 0.533. The molecule has 8 heteroatoms. The SMILES string of the molecule is O=C(C#Cc1ccc(Cl)cc1)N1CCN(Cc2ccc(F)cc2C(F)(F)F)CC1. The van der Waals surface area contributed by atoms with Gasteiger partial charge in [0.2, 0.25) is 0 Å². The van der Waals surface area contributed by atoms with Crippen molar-refractivity contribution in [2.24, 2.45) is 0 Å². The molecule has 0 saturated carbocycles. The van der Waals surface area contributed by atoms with Gasteiger partial charge in [-0.05, 0) is 42.0 Å². The molecule has 1 heterocycles. The summed E-state index contributed by atoms with van der Waals surface area (Å²) in [5, 5.41) is 0.577. The van der Waals surface area contributed by atoms with Crippen LogP contribution in [0.2, 0.25) is 5.02 Å². The van der Waals surface area contributed by atoms with Crippen molar-refractivity contribution in [2.75, 3.05) is 26.2 Å². The lowest BCUT2D eigenvalue weighted by Gasteiger charge is -2.34. The van der Waals surface area contributed by atoms with Gasteiger partial charge in [-0.25, -0.2) is 4.39 Å². The standard InChI is InChI=1S/C21H17ClF4N2O/c22-17-5-1-15(2-6-17)3-8-20(29)28-11-9-27(10-12-28)14-16-4-7-18(23)13-19(16)21(24,25)26/h1-2,4-7,13H,9-12,14H2. The number of hydrogen-bond acceptors (Lipinski definition) is 2. The third-order valence-corrected chi connectivity index (χ3v) is 4.84. The number of carbonyl (C=O) groups excluding carboxylic acids is 1. The van der Waals surface area contributed by atoms with E-state index in [9.17, 15) is 22.4 Å². The number of halogens is 5. The summed E-state index contributed by atoms with van der Waals surface area (Å²) in [4.78, 5) is 15.6. The lowest BCUT2D eigenvalue weighted by atomic mass is 10.1. The summed E-state index contributed by atoms with van der Waals surface area (Å²) >= 11 is 5.80. The average molecular weight is 425 g/mol. The van der Waals surface area contributed by atoms with E-state index in [4.69, 9.17) is 11.6 Å². The first-order chi connectivity index (χ1) is 13.7. The fourth-order valence-electron chi connectivity index (χ4n) is 3.04. The largest absolute Gasteiger partial charge is 0.416 e. The maximum absolute atomic E-state index is 13.2. The molecule has 0 atom stereocenters. The Morgan fingerprint density at radius 3 is 2.31 bits per heavy atom. The molecule has 3 nitrogen and oxygen atoms in total. The summed E-state index contributed by atoms with van der Waals surface area (Å²) in [6.07, 6.45) is -4.62. The molecular formula is C21H17ClF4N2O. The molecule has 1 aliphatic heterocycles. The maximum Gasteiger partial charge on any atom is 0.416 e. The molecule has 0 aliphatic carbocycles. The minimum atomic E-state index is -4.62. The van der Waals surface area contributed by atoms with E-state index in [0.717, 1.165) is 12.1 Å². The number of amides is 1. The van der Waals surface area contributed by atoms with Gasteiger partial charge in [0.15, 0.2) is 0 Å². The molecule has 29 heavy (non-hydrogen) atoms. The number of nitrogens with zero attached hydrogens (tertiary/aromatic N) is 2. The molecule has 2 aromatic carbocycles. The Bertz CT molecular complexity index is 940. The molecule has 0 spiro atoms. The van der Waals surface area contributed by atoms with Gasteiger partial charge >= 0.3 is 6.18 Å². The predicted octanol–water partition coefficient (Wildman–Crippen LogP) is 4.19. The highest BCUT2D eigenvalue weighted by Crippen LogP contribution is 2.33. The van der Waals surface area contributed by atoms with Crippen LogP contribution in [0.15, 0.2) is 42.5 Å². The van der Waals surface area contributed by atoms with Crippen LogP contribution in [0.1, 0.15) is 16.7 Å². The second-order valence-electron chi connectivity index (χ2n) is 6.62. The van der Waals surface area contributed by atoms with Gasteiger partial charge in [-0.3, -0.25) is 9.69 Å². The number of hydrogen-bond donors (Lipinski definition) is 0. The number of piperazine rings is 1. The van der Waals surface area contributed by atoms with Crippen LogP contribution in [0.5, 0.6) is 0 Å². The maximum atomic E-state index is 13.2. The van der Waals surface area contributed by atoms with Crippen molar-refractivity contribution < 1.29 is 22.4 Å². The lowest BCUT2D eigenvalue weighted by Crippen LogP contribution is -2.48. The highest BCUT2D eigenvalue weighted by molar-refractivity contribution is 6.30. The van der Waals surface area contributed by atoms with Crippen molar-refractivity contribution in [2.45, 2.75) is 12.7 Å². The van der Waals surface area contributed by atoms with Gasteiger partial charge in [0.25, 0.3) is 5.91 Å². The highest BCUT2D eigenvalue weighted by atomic mass is 35.5. The van der Waals surface area contributed by atoms with Gasteiger partial charge < -0.3 is 4.90 Å². The molecule has 0 unspecified atom stereocenters. The predicted molar refractivity (Wildman–Crippen MR) is 102 cm³/mol. The fraction of sp³-hybridized carbons (Fsp3) is 0.286. The summed E-state index contributed by atoms with van der Waals surface area (Å²) < 4.78 is 52.6. The molecule has 152 valence electrons. The van der Waals surface area contributed by atoms with Gasteiger partial charge in [-0.1, -0.05) is 23.6 Å². The molecule has 1 saturated heterocycles. The van der Waals surface area contributed by atoms with E-state index in [1.807, 2.05) is 0 Å². The van der Waals surface area contributed by atoms with Crippen LogP contribution < -0.4 is 0 Å². The fourth-order valence-corrected chi connectivity index (χ4v) is 3.16. The van der Waals surface area contributed by atoms with Gasteiger partial charge in [0, 0.05) is 49.2 Å². The average Bonchev–Trinajstić information content (AvgIpc) is 2.68. The van der Waals surface area contributed by atoms with Crippen LogP contribution in [0, 0.1) is 17.7 Å². The molecule has 2 aromatic rings. The van der Waals surface area contributed by atoms with Crippen LogP contribution >= 0.6 is 11.6 Å². The molecule has 0 N–H and O–H groups in total. The molecule has 3 rings (SSSR count). The monoisotopic (exact) mass is 424 g/mol. The van der Waals surface area contributed by atoms with Crippen molar-refractivity contribution in [3.63, 3.8) is 0 Å². The normalized spacial score (nSPS) is 15.0. The summed E-state index contributed by atoms with van der Waals surface area (Å²) in [5.41, 5.74) is -0.289. The molecular weight excluding hydrogens is 408 g/mol. The van der Waals surface area contributed by atoms with Crippen LogP contribution in [-0.4, -0.2) is 41.9 Å². The van der Waals surface area contributed by atoms with E-state index in [2.05, 4.69) is 11.8 Å². The first kappa shape index (κ1) is 21.2. The first-order valence-electron chi connectivity index (χ1n) is 8.87. The van der Waals surface area contributed by atoms with Crippen molar-refractivity contribution in [3.8, 4) is 11.8 Å². The van der Waals surface area contributed by atoms with Crippen LogP contribution in [0.3, 0.4) is 0 Å². The molecule has 0 radical (unpaired) electrons. The molecule has 0 aromatic heterocycles. The third-order valence-electron chi connectivity index (χ3n) is 4.59. The Morgan fingerprint density at radius 1 is 1.03 bits per heavy atom. The Kier molecular flexibility index (Phi) is 6.46. The number of carbonyl (C=O) groups is 1. The van der Waals surface area contributed by atoms with Gasteiger partial charge in [0.05, 0.1) is 5.56 Å². The zero-order chi connectivity index (χ0) is 21.0. The van der Waals surface area contributed by atoms with Gasteiger partial charge in [0.1, 0.15) is 5.82 Å². The minimum absolute atomic E-state index is 0.0150. The van der Waals surface area contributed by atoms with E-state index >= 15 is 0 Å². The molecule has 0 bridgehead atoms. The van der Waals surface area contributed by atoms with Crippen molar-refractivity contribution in [1.29, 1.82) is 0 Å². The zero-order valence-electron chi connectivity index (χ0n) is 15.3. The van der Waals surface area contributed by atoms with E-state index in [0.29, 0.717) is 42.8 Å². The Morgan fingerprint density at radius 2 is 1.69 bits per heavy atom. The Hall–Kier alpha value is -2.56. The summed E-state index contributed by atoms with van der Waals surface area (Å²) in [7, 11) is 0. The lowest BCUT2D eigenvalue weighted by molar-refractivity contribution is -0.138. The van der Waals surface area contributed by atoms with Crippen molar-refractivity contribution >= 4 is 17.5 Å². The highest BCUT2D eigenvalue weighted by Gasteiger charge is 2.34. The summed E-state index contributed by atoms with van der Waals surface area (Å²) in [6.45, 7) is 1.56. The van der Waals surface area contributed by atoms with Crippen LogP contribution in [0.4, 0.5) is 17.6 Å². The third kappa shape index (κ3) is 5.72. The smallest absolute Gasteiger partial charge is 0.329 e. The molecule has 1 fully saturated rings. The van der Waals surface area contributed by atoms with E-state index < -0.39 is 17.6 Å². The van der Waals surface area contributed by atoms with Gasteiger partial charge in [-0.2, -0.15) is 13.2 Å². The Labute approximate surface area is 170 Å². The number of benzene rings is 2. The molecule has 1 aliphatic rings. The van der Waals surface area contributed by atoms with Crippen LogP contribution in [-0.2, 0) is 17.5 Å². The Balaban J connectivity index is 1.59. The first-order valence-corrected chi connectivity index (χ1v) is 9.24.